The largest absolute Gasteiger partial charge is 0.573 e. The molecule has 0 saturated heterocycles. The predicted molar refractivity (Wildman–Crippen MR) is 101 cm³/mol. The number of nitrogens with one attached hydrogen (secondary N) is 1. The molecule has 2 aromatic rings. The number of amides is 1. The van der Waals surface area contributed by atoms with Crippen LogP contribution in [0.1, 0.15) is 16.8 Å². The molecule has 2 heterocycles. The summed E-state index contributed by atoms with van der Waals surface area (Å²) in [7, 11) is 2.00. The van der Waals surface area contributed by atoms with Crippen LogP contribution in [0.5, 0.6) is 5.75 Å². The standard InChI is InChI=1S/C19H17F3N4O2S/c1-26-7-6-16-13(10-26)8-12(9-23)18(25-16)29-11-17(27)24-14-2-4-15(5-3-14)28-19(20,21)22/h2-5,8H,6-7,10-11H2,1H3,(H,24,27). The van der Waals surface area contributed by atoms with Gasteiger partial charge in [0.2, 0.25) is 5.91 Å². The molecule has 152 valence electrons. The Morgan fingerprint density at radius 1 is 1.38 bits per heavy atom. The second-order valence-electron chi connectivity index (χ2n) is 6.46. The summed E-state index contributed by atoms with van der Waals surface area (Å²) in [6.07, 6.45) is -3.99. The average Bonchev–Trinajstić information content (AvgIpc) is 2.66. The van der Waals surface area contributed by atoms with Crippen molar-refractivity contribution >= 4 is 23.4 Å². The van der Waals surface area contributed by atoms with E-state index < -0.39 is 6.36 Å². The summed E-state index contributed by atoms with van der Waals surface area (Å²) in [5, 5.41) is 12.5. The topological polar surface area (TPSA) is 78.2 Å². The smallest absolute Gasteiger partial charge is 0.406 e. The van der Waals surface area contributed by atoms with E-state index in [1.807, 2.05) is 13.1 Å². The van der Waals surface area contributed by atoms with Gasteiger partial charge < -0.3 is 15.0 Å². The number of aromatic nitrogens is 1. The second kappa shape index (κ2) is 8.71. The van der Waals surface area contributed by atoms with E-state index in [0.29, 0.717) is 16.3 Å². The number of alkyl halides is 3. The number of thioether (sulfide) groups is 1. The average molecular weight is 422 g/mol. The lowest BCUT2D eigenvalue weighted by Gasteiger charge is -2.24. The van der Waals surface area contributed by atoms with Crippen molar-refractivity contribution in [2.24, 2.45) is 0 Å². The molecule has 29 heavy (non-hydrogen) atoms. The number of nitriles is 1. The van der Waals surface area contributed by atoms with Crippen LogP contribution >= 0.6 is 11.8 Å². The number of halogens is 3. The van der Waals surface area contributed by atoms with Gasteiger partial charge in [0, 0.05) is 30.9 Å². The van der Waals surface area contributed by atoms with E-state index in [4.69, 9.17) is 0 Å². The molecule has 1 aliphatic rings. The molecule has 0 unspecified atom stereocenters. The first kappa shape index (κ1) is 21.0. The van der Waals surface area contributed by atoms with Crippen molar-refractivity contribution in [1.29, 1.82) is 5.26 Å². The molecule has 0 fully saturated rings. The number of carbonyl (C=O) groups excluding carboxylic acids is 1. The summed E-state index contributed by atoms with van der Waals surface area (Å²) in [4.78, 5) is 18.9. The number of likely N-dealkylation sites (N-methyl/N-ethyl adjacent to an activating group) is 1. The highest BCUT2D eigenvalue weighted by atomic mass is 32.2. The Labute approximate surface area is 169 Å². The van der Waals surface area contributed by atoms with E-state index in [9.17, 15) is 23.2 Å². The second-order valence-corrected chi connectivity index (χ2v) is 7.42. The molecule has 0 saturated carbocycles. The Morgan fingerprint density at radius 2 is 2.10 bits per heavy atom. The molecule has 0 atom stereocenters. The summed E-state index contributed by atoms with van der Waals surface area (Å²) < 4.78 is 40.3. The van der Waals surface area contributed by atoms with Crippen LogP contribution in [0.2, 0.25) is 0 Å². The summed E-state index contributed by atoms with van der Waals surface area (Å²) in [5.41, 5.74) is 2.72. The molecule has 6 nitrogen and oxygen atoms in total. The van der Waals surface area contributed by atoms with Crippen molar-refractivity contribution in [2.45, 2.75) is 24.4 Å². The third-order valence-corrected chi connectivity index (χ3v) is 5.15. The third-order valence-electron chi connectivity index (χ3n) is 4.16. The molecule has 0 radical (unpaired) electrons. The molecule has 1 aromatic heterocycles. The van der Waals surface area contributed by atoms with Gasteiger partial charge in [0.15, 0.2) is 0 Å². The molecule has 0 bridgehead atoms. The van der Waals surface area contributed by atoms with Crippen LogP contribution in [0, 0.1) is 11.3 Å². The van der Waals surface area contributed by atoms with Gasteiger partial charge in [-0.05, 0) is 42.9 Å². The van der Waals surface area contributed by atoms with Crippen molar-refractivity contribution in [3.8, 4) is 11.8 Å². The van der Waals surface area contributed by atoms with Gasteiger partial charge in [0.1, 0.15) is 16.8 Å². The first-order valence-corrected chi connectivity index (χ1v) is 9.62. The number of ether oxygens (including phenoxy) is 1. The first-order chi connectivity index (χ1) is 13.7. The number of nitrogens with zero attached hydrogens (tertiary/aromatic N) is 3. The van der Waals surface area contributed by atoms with Gasteiger partial charge >= 0.3 is 6.36 Å². The van der Waals surface area contributed by atoms with Crippen LogP contribution in [-0.2, 0) is 17.8 Å². The number of benzene rings is 1. The van der Waals surface area contributed by atoms with Gasteiger partial charge in [-0.25, -0.2) is 4.98 Å². The first-order valence-electron chi connectivity index (χ1n) is 8.63. The Bertz CT molecular complexity index is 942. The molecule has 0 aliphatic carbocycles. The highest BCUT2D eigenvalue weighted by Gasteiger charge is 2.31. The molecule has 1 amide bonds. The van der Waals surface area contributed by atoms with E-state index in [-0.39, 0.29) is 17.4 Å². The number of carbonyl (C=O) groups is 1. The van der Waals surface area contributed by atoms with Crippen LogP contribution in [0.15, 0.2) is 35.4 Å². The van der Waals surface area contributed by atoms with E-state index in [2.05, 4.69) is 26.0 Å². The lowest BCUT2D eigenvalue weighted by Crippen LogP contribution is -2.27. The van der Waals surface area contributed by atoms with Crippen molar-refractivity contribution in [3.05, 3.63) is 47.2 Å². The summed E-state index contributed by atoms with van der Waals surface area (Å²) in [5.74, 6) is -0.712. The molecule has 1 aliphatic heterocycles. The van der Waals surface area contributed by atoms with Gasteiger partial charge in [0.25, 0.3) is 0 Å². The van der Waals surface area contributed by atoms with Crippen LogP contribution < -0.4 is 10.1 Å². The van der Waals surface area contributed by atoms with Gasteiger partial charge in [-0.2, -0.15) is 5.26 Å². The van der Waals surface area contributed by atoms with Crippen LogP contribution in [0.25, 0.3) is 0 Å². The fourth-order valence-corrected chi connectivity index (χ4v) is 3.63. The number of anilines is 1. The Balaban J connectivity index is 1.60. The molecular formula is C19H17F3N4O2S. The SMILES string of the molecule is CN1CCc2nc(SCC(=O)Nc3ccc(OC(F)(F)F)cc3)c(C#N)cc2C1. The summed E-state index contributed by atoms with van der Waals surface area (Å²) in [6, 6.07) is 8.81. The van der Waals surface area contributed by atoms with Gasteiger partial charge in [0.05, 0.1) is 11.3 Å². The normalized spacial score (nSPS) is 14.0. The Kier molecular flexibility index (Phi) is 6.30. The van der Waals surface area contributed by atoms with Crippen molar-refractivity contribution in [2.75, 3.05) is 24.7 Å². The lowest BCUT2D eigenvalue weighted by molar-refractivity contribution is -0.274. The van der Waals surface area contributed by atoms with Crippen LogP contribution in [-0.4, -0.2) is 41.5 Å². The van der Waals surface area contributed by atoms with E-state index in [1.165, 1.54) is 12.1 Å². The minimum Gasteiger partial charge on any atom is -0.406 e. The molecule has 3 rings (SSSR count). The lowest BCUT2D eigenvalue weighted by atomic mass is 10.0. The maximum absolute atomic E-state index is 12.2. The van der Waals surface area contributed by atoms with Crippen molar-refractivity contribution < 1.29 is 22.7 Å². The number of fused-ring (bicyclic) bond motifs is 1. The summed E-state index contributed by atoms with van der Waals surface area (Å²) in [6.45, 7) is 1.61. The minimum atomic E-state index is -4.77. The van der Waals surface area contributed by atoms with E-state index in [1.54, 1.807) is 0 Å². The van der Waals surface area contributed by atoms with Gasteiger partial charge in [-0.1, -0.05) is 11.8 Å². The van der Waals surface area contributed by atoms with E-state index >= 15 is 0 Å². The summed E-state index contributed by atoms with van der Waals surface area (Å²) >= 11 is 1.15. The zero-order valence-corrected chi connectivity index (χ0v) is 16.2. The zero-order chi connectivity index (χ0) is 21.0. The molecule has 10 heteroatoms. The zero-order valence-electron chi connectivity index (χ0n) is 15.4. The number of hydrogen-bond donors (Lipinski definition) is 1. The molecule has 0 spiro atoms. The Morgan fingerprint density at radius 3 is 2.76 bits per heavy atom. The molecule has 1 N–H and O–H groups in total. The fourth-order valence-electron chi connectivity index (χ4n) is 2.85. The minimum absolute atomic E-state index is 0.0151. The van der Waals surface area contributed by atoms with Crippen LogP contribution in [0.4, 0.5) is 18.9 Å². The quantitative estimate of drug-likeness (QED) is 0.743. The maximum Gasteiger partial charge on any atom is 0.573 e. The van der Waals surface area contributed by atoms with Gasteiger partial charge in [-0.15, -0.1) is 13.2 Å². The predicted octanol–water partition coefficient (Wildman–Crippen LogP) is 3.57. The number of pyridine rings is 1. The van der Waals surface area contributed by atoms with Gasteiger partial charge in [-0.3, -0.25) is 4.79 Å². The fraction of sp³-hybridized carbons (Fsp3) is 0.316. The molecular weight excluding hydrogens is 405 g/mol. The highest BCUT2D eigenvalue weighted by Crippen LogP contribution is 2.27. The van der Waals surface area contributed by atoms with Crippen molar-refractivity contribution in [3.63, 3.8) is 0 Å². The third kappa shape index (κ3) is 5.85. The number of hydrogen-bond acceptors (Lipinski definition) is 6. The van der Waals surface area contributed by atoms with Crippen LogP contribution in [0.3, 0.4) is 0 Å². The van der Waals surface area contributed by atoms with E-state index in [0.717, 1.165) is 54.7 Å². The Hall–Kier alpha value is -2.77. The molecule has 1 aromatic carbocycles. The monoisotopic (exact) mass is 422 g/mol. The van der Waals surface area contributed by atoms with Crippen molar-refractivity contribution in [1.82, 2.24) is 9.88 Å². The highest BCUT2D eigenvalue weighted by molar-refractivity contribution is 8.00. The number of rotatable bonds is 5. The maximum atomic E-state index is 12.2.